The summed E-state index contributed by atoms with van der Waals surface area (Å²) in [5.74, 6) is 0.420. The molecule has 0 amide bonds. The van der Waals surface area contributed by atoms with Crippen molar-refractivity contribution in [2.45, 2.75) is 32.8 Å². The molecule has 76 valence electrons. The number of hydrogen-bond donors (Lipinski definition) is 1. The van der Waals surface area contributed by atoms with Gasteiger partial charge in [0, 0.05) is 0 Å². The van der Waals surface area contributed by atoms with Crippen LogP contribution in [-0.4, -0.2) is 24.3 Å². The molecule has 0 aromatic heterocycles. The van der Waals surface area contributed by atoms with Crippen molar-refractivity contribution in [2.75, 3.05) is 7.11 Å². The standard InChI is InChI=1S/C10H18O3/c1-6(2)8-4-7(5-9(8)11)10(12)13-3/h6-9,11H,4-5H2,1-3H3/t7-,8-,9+/m0/s1. The Kier molecular flexibility index (Phi) is 3.31. The predicted octanol–water partition coefficient (Wildman–Crippen LogP) is 1.20. The van der Waals surface area contributed by atoms with Gasteiger partial charge in [0.1, 0.15) is 0 Å². The summed E-state index contributed by atoms with van der Waals surface area (Å²) in [6.07, 6.45) is 1.00. The minimum absolute atomic E-state index is 0.0904. The summed E-state index contributed by atoms with van der Waals surface area (Å²) in [6, 6.07) is 0. The molecule has 0 heterocycles. The van der Waals surface area contributed by atoms with Crippen molar-refractivity contribution in [3.05, 3.63) is 0 Å². The fourth-order valence-corrected chi connectivity index (χ4v) is 2.12. The average molecular weight is 186 g/mol. The van der Waals surface area contributed by atoms with Crippen LogP contribution in [0, 0.1) is 17.8 Å². The van der Waals surface area contributed by atoms with Gasteiger partial charge in [-0.3, -0.25) is 4.79 Å². The van der Waals surface area contributed by atoms with Crippen LogP contribution in [0.1, 0.15) is 26.7 Å². The van der Waals surface area contributed by atoms with E-state index in [1.54, 1.807) is 0 Å². The van der Waals surface area contributed by atoms with E-state index in [9.17, 15) is 9.90 Å². The second-order valence-electron chi connectivity index (χ2n) is 4.17. The molecule has 3 heteroatoms. The zero-order chi connectivity index (χ0) is 10.0. The first-order valence-corrected chi connectivity index (χ1v) is 4.82. The van der Waals surface area contributed by atoms with Crippen LogP contribution in [0.2, 0.25) is 0 Å². The van der Waals surface area contributed by atoms with Gasteiger partial charge in [-0.05, 0) is 24.7 Å². The summed E-state index contributed by atoms with van der Waals surface area (Å²) in [4.78, 5) is 11.2. The lowest BCUT2D eigenvalue weighted by atomic mass is 9.92. The maximum absolute atomic E-state index is 11.2. The molecule has 3 nitrogen and oxygen atoms in total. The minimum Gasteiger partial charge on any atom is -0.469 e. The third kappa shape index (κ3) is 2.21. The van der Waals surface area contributed by atoms with Crippen LogP contribution in [0.5, 0.6) is 0 Å². The summed E-state index contributed by atoms with van der Waals surface area (Å²) >= 11 is 0. The minimum atomic E-state index is -0.330. The topological polar surface area (TPSA) is 46.5 Å². The molecule has 1 N–H and O–H groups in total. The van der Waals surface area contributed by atoms with E-state index >= 15 is 0 Å². The number of aliphatic hydroxyl groups excluding tert-OH is 1. The van der Waals surface area contributed by atoms with Crippen molar-refractivity contribution in [3.8, 4) is 0 Å². The zero-order valence-corrected chi connectivity index (χ0v) is 8.49. The Hall–Kier alpha value is -0.570. The first-order chi connectivity index (χ1) is 6.06. The van der Waals surface area contributed by atoms with Gasteiger partial charge >= 0.3 is 5.97 Å². The zero-order valence-electron chi connectivity index (χ0n) is 8.49. The average Bonchev–Trinajstić information content (AvgIpc) is 2.46. The number of hydrogen-bond acceptors (Lipinski definition) is 3. The normalized spacial score (nSPS) is 33.8. The molecule has 0 saturated heterocycles. The molecule has 1 aliphatic rings. The van der Waals surface area contributed by atoms with Crippen molar-refractivity contribution in [3.63, 3.8) is 0 Å². The second kappa shape index (κ2) is 4.09. The van der Waals surface area contributed by atoms with Crippen LogP contribution in [0.3, 0.4) is 0 Å². The smallest absolute Gasteiger partial charge is 0.308 e. The molecule has 0 radical (unpaired) electrons. The Morgan fingerprint density at radius 2 is 2.08 bits per heavy atom. The van der Waals surface area contributed by atoms with E-state index in [2.05, 4.69) is 18.6 Å². The lowest BCUT2D eigenvalue weighted by molar-refractivity contribution is -0.145. The molecule has 0 aromatic rings. The highest BCUT2D eigenvalue weighted by Gasteiger charge is 2.38. The Morgan fingerprint density at radius 1 is 1.46 bits per heavy atom. The van der Waals surface area contributed by atoms with Gasteiger partial charge in [-0.25, -0.2) is 0 Å². The van der Waals surface area contributed by atoms with Gasteiger partial charge in [-0.1, -0.05) is 13.8 Å². The largest absolute Gasteiger partial charge is 0.469 e. The Balaban J connectivity index is 2.54. The van der Waals surface area contributed by atoms with Crippen molar-refractivity contribution in [1.82, 2.24) is 0 Å². The number of ether oxygens (including phenoxy) is 1. The van der Waals surface area contributed by atoms with Crippen molar-refractivity contribution in [2.24, 2.45) is 17.8 Å². The fourth-order valence-electron chi connectivity index (χ4n) is 2.12. The van der Waals surface area contributed by atoms with E-state index in [1.807, 2.05) is 0 Å². The Labute approximate surface area is 79.1 Å². The number of aliphatic hydroxyl groups is 1. The fraction of sp³-hybridized carbons (Fsp3) is 0.900. The van der Waals surface area contributed by atoms with Crippen LogP contribution >= 0.6 is 0 Å². The number of methoxy groups -OCH3 is 1. The second-order valence-corrected chi connectivity index (χ2v) is 4.17. The van der Waals surface area contributed by atoms with Gasteiger partial charge < -0.3 is 9.84 Å². The summed E-state index contributed by atoms with van der Waals surface area (Å²) in [6.45, 7) is 4.15. The first-order valence-electron chi connectivity index (χ1n) is 4.82. The van der Waals surface area contributed by atoms with E-state index in [4.69, 9.17) is 0 Å². The molecular weight excluding hydrogens is 168 g/mol. The SMILES string of the molecule is COC(=O)[C@@H]1C[C@@H](O)[C@H](C(C)C)C1. The van der Waals surface area contributed by atoms with Crippen molar-refractivity contribution >= 4 is 5.97 Å². The van der Waals surface area contributed by atoms with Crippen molar-refractivity contribution in [1.29, 1.82) is 0 Å². The predicted molar refractivity (Wildman–Crippen MR) is 49.1 cm³/mol. The highest BCUT2D eigenvalue weighted by atomic mass is 16.5. The third-order valence-corrected chi connectivity index (χ3v) is 2.97. The van der Waals surface area contributed by atoms with E-state index in [0.717, 1.165) is 6.42 Å². The lowest BCUT2D eigenvalue weighted by Gasteiger charge is -2.17. The number of rotatable bonds is 2. The number of carbonyl (C=O) groups is 1. The van der Waals surface area contributed by atoms with Crippen LogP contribution in [0.15, 0.2) is 0 Å². The Bertz CT molecular complexity index is 189. The number of carbonyl (C=O) groups excluding carboxylic acids is 1. The summed E-state index contributed by atoms with van der Waals surface area (Å²) in [5.41, 5.74) is 0. The molecule has 0 aromatic carbocycles. The van der Waals surface area contributed by atoms with E-state index in [-0.39, 0.29) is 23.9 Å². The van der Waals surface area contributed by atoms with Crippen LogP contribution < -0.4 is 0 Å². The molecule has 1 rings (SSSR count). The number of esters is 1. The van der Waals surface area contributed by atoms with Crippen LogP contribution in [0.25, 0.3) is 0 Å². The first kappa shape index (κ1) is 10.5. The molecule has 0 aliphatic heterocycles. The third-order valence-electron chi connectivity index (χ3n) is 2.97. The van der Waals surface area contributed by atoms with Gasteiger partial charge in [0.15, 0.2) is 0 Å². The molecule has 0 spiro atoms. The quantitative estimate of drug-likeness (QED) is 0.659. The van der Waals surface area contributed by atoms with Gasteiger partial charge in [0.05, 0.1) is 19.1 Å². The van der Waals surface area contributed by atoms with Crippen LogP contribution in [0.4, 0.5) is 0 Å². The maximum Gasteiger partial charge on any atom is 0.308 e. The molecule has 3 atom stereocenters. The monoisotopic (exact) mass is 186 g/mol. The maximum atomic E-state index is 11.2. The highest BCUT2D eigenvalue weighted by molar-refractivity contribution is 5.72. The summed E-state index contributed by atoms with van der Waals surface area (Å²) in [7, 11) is 1.40. The Morgan fingerprint density at radius 3 is 2.46 bits per heavy atom. The molecule has 0 bridgehead atoms. The van der Waals surface area contributed by atoms with Gasteiger partial charge in [0.25, 0.3) is 0 Å². The molecule has 1 aliphatic carbocycles. The highest BCUT2D eigenvalue weighted by Crippen LogP contribution is 2.36. The lowest BCUT2D eigenvalue weighted by Crippen LogP contribution is -2.18. The molecule has 13 heavy (non-hydrogen) atoms. The summed E-state index contributed by atoms with van der Waals surface area (Å²) < 4.78 is 4.66. The van der Waals surface area contributed by atoms with E-state index in [0.29, 0.717) is 12.3 Å². The molecule has 1 saturated carbocycles. The van der Waals surface area contributed by atoms with Crippen molar-refractivity contribution < 1.29 is 14.6 Å². The van der Waals surface area contributed by atoms with Gasteiger partial charge in [-0.2, -0.15) is 0 Å². The summed E-state index contributed by atoms with van der Waals surface area (Å²) in [5, 5.41) is 9.67. The van der Waals surface area contributed by atoms with Gasteiger partial charge in [-0.15, -0.1) is 0 Å². The van der Waals surface area contributed by atoms with E-state index < -0.39 is 0 Å². The van der Waals surface area contributed by atoms with Gasteiger partial charge in [0.2, 0.25) is 0 Å². The van der Waals surface area contributed by atoms with E-state index in [1.165, 1.54) is 7.11 Å². The molecule has 0 unspecified atom stereocenters. The molecule has 1 fully saturated rings. The molecular formula is C10H18O3. The van der Waals surface area contributed by atoms with Crippen LogP contribution in [-0.2, 0) is 9.53 Å².